The largest absolute Gasteiger partial charge is 0.337 e. The third kappa shape index (κ3) is 2.57. The van der Waals surface area contributed by atoms with E-state index >= 15 is 0 Å². The summed E-state index contributed by atoms with van der Waals surface area (Å²) in [6, 6.07) is 0. The van der Waals surface area contributed by atoms with E-state index in [2.05, 4.69) is 19.8 Å². The van der Waals surface area contributed by atoms with Crippen molar-refractivity contribution in [3.63, 3.8) is 0 Å². The Morgan fingerprint density at radius 1 is 1.30 bits per heavy atom. The fourth-order valence-corrected chi connectivity index (χ4v) is 3.86. The van der Waals surface area contributed by atoms with Crippen molar-refractivity contribution in [2.24, 2.45) is 0 Å². The number of aromatic nitrogens is 4. The minimum absolute atomic E-state index is 0.0448. The van der Waals surface area contributed by atoms with Crippen LogP contribution in [0.4, 0.5) is 0 Å². The second kappa shape index (κ2) is 5.53. The molecule has 0 aliphatic carbocycles. The van der Waals surface area contributed by atoms with Crippen LogP contribution in [0.15, 0.2) is 0 Å². The predicted octanol–water partition coefficient (Wildman–Crippen LogP) is 2.03. The van der Waals surface area contributed by atoms with Crippen molar-refractivity contribution in [2.75, 3.05) is 13.1 Å². The number of rotatable bonds is 2. The van der Waals surface area contributed by atoms with Gasteiger partial charge in [0.2, 0.25) is 0 Å². The van der Waals surface area contributed by atoms with Gasteiger partial charge in [0, 0.05) is 19.0 Å². The highest BCUT2D eigenvalue weighted by Crippen LogP contribution is 2.30. The van der Waals surface area contributed by atoms with Gasteiger partial charge in [0.25, 0.3) is 5.91 Å². The molecule has 3 rings (SSSR count). The zero-order valence-corrected chi connectivity index (χ0v) is 13.0. The summed E-state index contributed by atoms with van der Waals surface area (Å²) in [6.45, 7) is 5.29. The Hall–Kier alpha value is -1.41. The topological polar surface area (TPSA) is 71.9 Å². The number of hydrogen-bond donors (Lipinski definition) is 0. The van der Waals surface area contributed by atoms with Crippen LogP contribution in [0.1, 0.15) is 44.1 Å². The van der Waals surface area contributed by atoms with Gasteiger partial charge in [-0.25, -0.2) is 0 Å². The average molecular weight is 309 g/mol. The molecular formula is C12H15N5OS2. The first-order chi connectivity index (χ1) is 9.65. The molecule has 1 aliphatic heterocycles. The molecule has 1 saturated heterocycles. The van der Waals surface area contributed by atoms with Crippen LogP contribution in [0.5, 0.6) is 0 Å². The fraction of sp³-hybridized carbons (Fsp3) is 0.583. The van der Waals surface area contributed by atoms with E-state index in [-0.39, 0.29) is 5.91 Å². The summed E-state index contributed by atoms with van der Waals surface area (Å²) in [5.41, 5.74) is 0.717. The van der Waals surface area contributed by atoms with E-state index < -0.39 is 0 Å². The highest BCUT2D eigenvalue weighted by Gasteiger charge is 2.29. The summed E-state index contributed by atoms with van der Waals surface area (Å²) in [4.78, 5) is 15.0. The van der Waals surface area contributed by atoms with Gasteiger partial charge in [-0.2, -0.15) is 0 Å². The van der Waals surface area contributed by atoms with E-state index in [1.54, 1.807) is 11.3 Å². The van der Waals surface area contributed by atoms with Gasteiger partial charge in [-0.3, -0.25) is 4.79 Å². The first-order valence-electron chi connectivity index (χ1n) is 6.53. The number of carbonyl (C=O) groups excluding carboxylic acids is 1. The van der Waals surface area contributed by atoms with Crippen LogP contribution < -0.4 is 0 Å². The molecule has 1 fully saturated rings. The molecule has 2 aromatic heterocycles. The minimum atomic E-state index is 0.0448. The Morgan fingerprint density at radius 2 is 2.15 bits per heavy atom. The standard InChI is InChI=1S/C12H15N5OS2/c1-7-10(20-16-13-7)12(18)17-5-3-4-9(6-17)11-15-14-8(2)19-11/h9H,3-6H2,1-2H3/t9-/m1/s1. The first-order valence-corrected chi connectivity index (χ1v) is 8.12. The van der Waals surface area contributed by atoms with Crippen molar-refractivity contribution >= 4 is 28.8 Å². The second-order valence-corrected chi connectivity index (χ2v) is 6.90. The predicted molar refractivity (Wildman–Crippen MR) is 77.2 cm³/mol. The number of likely N-dealkylation sites (tertiary alicyclic amines) is 1. The SMILES string of the molecule is Cc1nnc([C@@H]2CCCN(C(=O)c3snnc3C)C2)s1. The van der Waals surface area contributed by atoms with Gasteiger partial charge in [-0.05, 0) is 38.2 Å². The molecule has 20 heavy (non-hydrogen) atoms. The molecule has 0 spiro atoms. The Morgan fingerprint density at radius 3 is 2.80 bits per heavy atom. The van der Waals surface area contributed by atoms with Gasteiger partial charge in [0.15, 0.2) is 0 Å². The Balaban J connectivity index is 1.75. The molecule has 1 amide bonds. The van der Waals surface area contributed by atoms with Gasteiger partial charge in [0.1, 0.15) is 14.9 Å². The van der Waals surface area contributed by atoms with E-state index in [1.807, 2.05) is 18.7 Å². The van der Waals surface area contributed by atoms with Crippen molar-refractivity contribution in [2.45, 2.75) is 32.6 Å². The number of aryl methyl sites for hydroxylation is 2. The molecule has 0 bridgehead atoms. The van der Waals surface area contributed by atoms with Gasteiger partial charge >= 0.3 is 0 Å². The molecule has 6 nitrogen and oxygen atoms in total. The van der Waals surface area contributed by atoms with Crippen molar-refractivity contribution < 1.29 is 4.79 Å². The molecule has 1 aliphatic rings. The molecule has 0 unspecified atom stereocenters. The monoisotopic (exact) mass is 309 g/mol. The molecule has 3 heterocycles. The summed E-state index contributed by atoms with van der Waals surface area (Å²) in [7, 11) is 0. The maximum absolute atomic E-state index is 12.5. The number of nitrogens with zero attached hydrogens (tertiary/aromatic N) is 5. The maximum Gasteiger partial charge on any atom is 0.267 e. The Labute approximate surface area is 125 Å². The van der Waals surface area contributed by atoms with Crippen LogP contribution in [0.25, 0.3) is 0 Å². The zero-order chi connectivity index (χ0) is 14.1. The Kier molecular flexibility index (Phi) is 3.75. The second-order valence-electron chi connectivity index (χ2n) is 4.94. The molecule has 0 aromatic carbocycles. The van der Waals surface area contributed by atoms with Crippen LogP contribution >= 0.6 is 22.9 Å². The molecular weight excluding hydrogens is 294 g/mol. The first kappa shape index (κ1) is 13.6. The molecule has 1 atom stereocenters. The van der Waals surface area contributed by atoms with Crippen LogP contribution in [0.3, 0.4) is 0 Å². The number of piperidine rings is 1. The van der Waals surface area contributed by atoms with Gasteiger partial charge < -0.3 is 4.90 Å². The number of carbonyl (C=O) groups is 1. The lowest BCUT2D eigenvalue weighted by Crippen LogP contribution is -2.39. The maximum atomic E-state index is 12.5. The van der Waals surface area contributed by atoms with Crippen LogP contribution in [0, 0.1) is 13.8 Å². The molecule has 8 heteroatoms. The average Bonchev–Trinajstić information content (AvgIpc) is 3.07. The van der Waals surface area contributed by atoms with E-state index in [4.69, 9.17) is 0 Å². The quantitative estimate of drug-likeness (QED) is 0.848. The zero-order valence-electron chi connectivity index (χ0n) is 11.4. The fourth-order valence-electron chi connectivity index (χ4n) is 2.41. The van der Waals surface area contributed by atoms with Gasteiger partial charge in [0.05, 0.1) is 5.69 Å². The lowest BCUT2D eigenvalue weighted by Gasteiger charge is -2.31. The molecule has 0 radical (unpaired) electrons. The smallest absolute Gasteiger partial charge is 0.267 e. The van der Waals surface area contributed by atoms with Gasteiger partial charge in [-0.1, -0.05) is 4.49 Å². The summed E-state index contributed by atoms with van der Waals surface area (Å²) >= 11 is 2.80. The Bertz CT molecular complexity index is 623. The molecule has 0 saturated carbocycles. The molecule has 0 N–H and O–H groups in total. The van der Waals surface area contributed by atoms with Crippen LogP contribution in [0.2, 0.25) is 0 Å². The molecule has 2 aromatic rings. The summed E-state index contributed by atoms with van der Waals surface area (Å²) in [5, 5.41) is 14.2. The van der Waals surface area contributed by atoms with Crippen molar-refractivity contribution in [3.8, 4) is 0 Å². The third-order valence-corrected chi connectivity index (χ3v) is 5.26. The van der Waals surface area contributed by atoms with Crippen molar-refractivity contribution in [1.82, 2.24) is 24.7 Å². The van der Waals surface area contributed by atoms with E-state index in [1.165, 1.54) is 11.5 Å². The van der Waals surface area contributed by atoms with Crippen molar-refractivity contribution in [3.05, 3.63) is 20.6 Å². The van der Waals surface area contributed by atoms with E-state index in [0.717, 1.165) is 29.4 Å². The summed E-state index contributed by atoms with van der Waals surface area (Å²) < 4.78 is 3.84. The molecule has 106 valence electrons. The van der Waals surface area contributed by atoms with Crippen molar-refractivity contribution in [1.29, 1.82) is 0 Å². The van der Waals surface area contributed by atoms with E-state index in [0.29, 0.717) is 23.0 Å². The highest BCUT2D eigenvalue weighted by molar-refractivity contribution is 7.11. The number of hydrogen-bond acceptors (Lipinski definition) is 7. The lowest BCUT2D eigenvalue weighted by atomic mass is 9.98. The van der Waals surface area contributed by atoms with Crippen LogP contribution in [-0.4, -0.2) is 43.7 Å². The highest BCUT2D eigenvalue weighted by atomic mass is 32.1. The summed E-state index contributed by atoms with van der Waals surface area (Å²) in [6.07, 6.45) is 2.07. The van der Waals surface area contributed by atoms with Gasteiger partial charge in [-0.15, -0.1) is 26.6 Å². The lowest BCUT2D eigenvalue weighted by molar-refractivity contribution is 0.0711. The number of amides is 1. The summed E-state index contributed by atoms with van der Waals surface area (Å²) in [5.74, 6) is 0.350. The van der Waals surface area contributed by atoms with Crippen LogP contribution in [-0.2, 0) is 0 Å². The van der Waals surface area contributed by atoms with E-state index in [9.17, 15) is 4.79 Å². The minimum Gasteiger partial charge on any atom is -0.337 e. The third-order valence-electron chi connectivity index (χ3n) is 3.45. The normalized spacial score (nSPS) is 19.3.